The first-order chi connectivity index (χ1) is 6.22. The Kier molecular flexibility index (Phi) is 3.48. The standard InChI is InChI=1S/C10H19N3/c1-5-9(11-3)8-7-13(4)12-10(8)6-2/h7,9,11H,5-6H2,1-4H3. The minimum Gasteiger partial charge on any atom is -0.313 e. The molecule has 0 spiro atoms. The third-order valence-electron chi connectivity index (χ3n) is 2.40. The van der Waals surface area contributed by atoms with Gasteiger partial charge in [-0.15, -0.1) is 0 Å². The van der Waals surface area contributed by atoms with Gasteiger partial charge in [-0.05, 0) is 19.9 Å². The van der Waals surface area contributed by atoms with Crippen LogP contribution in [0.1, 0.15) is 37.6 Å². The second-order valence-corrected chi connectivity index (χ2v) is 3.31. The van der Waals surface area contributed by atoms with Gasteiger partial charge in [0.15, 0.2) is 0 Å². The molecule has 0 saturated carbocycles. The van der Waals surface area contributed by atoms with Crippen molar-refractivity contribution in [1.82, 2.24) is 15.1 Å². The lowest BCUT2D eigenvalue weighted by Gasteiger charge is -2.12. The molecular weight excluding hydrogens is 162 g/mol. The maximum absolute atomic E-state index is 4.42. The van der Waals surface area contributed by atoms with Crippen molar-refractivity contribution in [3.05, 3.63) is 17.5 Å². The number of rotatable bonds is 4. The average molecular weight is 181 g/mol. The van der Waals surface area contributed by atoms with Crippen molar-refractivity contribution in [3.63, 3.8) is 0 Å². The van der Waals surface area contributed by atoms with Crippen molar-refractivity contribution in [2.24, 2.45) is 7.05 Å². The molecule has 0 saturated heterocycles. The van der Waals surface area contributed by atoms with Crippen molar-refractivity contribution in [2.75, 3.05) is 7.05 Å². The Morgan fingerprint density at radius 2 is 2.23 bits per heavy atom. The Bertz CT molecular complexity index is 261. The van der Waals surface area contributed by atoms with Gasteiger partial charge in [0.1, 0.15) is 0 Å². The maximum Gasteiger partial charge on any atom is 0.0669 e. The van der Waals surface area contributed by atoms with Crippen LogP contribution in [0.3, 0.4) is 0 Å². The fraction of sp³-hybridized carbons (Fsp3) is 0.700. The van der Waals surface area contributed by atoms with E-state index in [1.54, 1.807) is 0 Å². The first kappa shape index (κ1) is 10.3. The van der Waals surface area contributed by atoms with Gasteiger partial charge in [0.05, 0.1) is 5.69 Å². The number of hydrogen-bond acceptors (Lipinski definition) is 2. The van der Waals surface area contributed by atoms with Gasteiger partial charge in [-0.25, -0.2) is 0 Å². The third kappa shape index (κ3) is 2.10. The molecule has 3 heteroatoms. The lowest BCUT2D eigenvalue weighted by Crippen LogP contribution is -2.15. The molecule has 0 aliphatic heterocycles. The van der Waals surface area contributed by atoms with E-state index in [-0.39, 0.29) is 0 Å². The van der Waals surface area contributed by atoms with E-state index < -0.39 is 0 Å². The summed E-state index contributed by atoms with van der Waals surface area (Å²) in [6.07, 6.45) is 4.23. The molecule has 1 aromatic rings. The van der Waals surface area contributed by atoms with E-state index in [1.807, 2.05) is 18.8 Å². The largest absolute Gasteiger partial charge is 0.313 e. The molecule has 13 heavy (non-hydrogen) atoms. The summed E-state index contributed by atoms with van der Waals surface area (Å²) in [7, 11) is 3.98. The van der Waals surface area contributed by atoms with Crippen molar-refractivity contribution < 1.29 is 0 Å². The molecule has 0 bridgehead atoms. The van der Waals surface area contributed by atoms with E-state index in [4.69, 9.17) is 0 Å². The summed E-state index contributed by atoms with van der Waals surface area (Å²) in [5.74, 6) is 0. The van der Waals surface area contributed by atoms with Crippen LogP contribution in [0.25, 0.3) is 0 Å². The summed E-state index contributed by atoms with van der Waals surface area (Å²) in [4.78, 5) is 0. The average Bonchev–Trinajstić information content (AvgIpc) is 2.49. The predicted octanol–water partition coefficient (Wildman–Crippen LogP) is 1.65. The molecule has 0 amide bonds. The van der Waals surface area contributed by atoms with Gasteiger partial charge in [-0.1, -0.05) is 13.8 Å². The van der Waals surface area contributed by atoms with Crippen molar-refractivity contribution in [1.29, 1.82) is 0 Å². The van der Waals surface area contributed by atoms with Gasteiger partial charge in [-0.2, -0.15) is 5.10 Å². The van der Waals surface area contributed by atoms with Gasteiger partial charge >= 0.3 is 0 Å². The van der Waals surface area contributed by atoms with Crippen molar-refractivity contribution in [2.45, 2.75) is 32.7 Å². The summed E-state index contributed by atoms with van der Waals surface area (Å²) in [5, 5.41) is 7.73. The molecule has 0 aliphatic rings. The molecular formula is C10H19N3. The zero-order chi connectivity index (χ0) is 9.84. The fourth-order valence-electron chi connectivity index (χ4n) is 1.70. The highest BCUT2D eigenvalue weighted by Gasteiger charge is 2.13. The van der Waals surface area contributed by atoms with Crippen LogP contribution < -0.4 is 5.32 Å². The van der Waals surface area contributed by atoms with Gasteiger partial charge in [-0.3, -0.25) is 4.68 Å². The SMILES string of the molecule is CCc1nn(C)cc1C(CC)NC. The Labute approximate surface area is 80.1 Å². The smallest absolute Gasteiger partial charge is 0.0669 e. The molecule has 74 valence electrons. The van der Waals surface area contributed by atoms with E-state index in [1.165, 1.54) is 11.3 Å². The highest BCUT2D eigenvalue weighted by atomic mass is 15.3. The first-order valence-corrected chi connectivity index (χ1v) is 4.92. The summed E-state index contributed by atoms with van der Waals surface area (Å²) < 4.78 is 1.90. The molecule has 3 nitrogen and oxygen atoms in total. The van der Waals surface area contributed by atoms with Crippen LogP contribution in [-0.2, 0) is 13.5 Å². The fourth-order valence-corrected chi connectivity index (χ4v) is 1.70. The molecule has 0 radical (unpaired) electrons. The summed E-state index contributed by atoms with van der Waals surface area (Å²) in [5.41, 5.74) is 2.55. The Hall–Kier alpha value is -0.830. The van der Waals surface area contributed by atoms with E-state index in [0.717, 1.165) is 12.8 Å². The van der Waals surface area contributed by atoms with E-state index in [0.29, 0.717) is 6.04 Å². The summed E-state index contributed by atoms with van der Waals surface area (Å²) in [6.45, 7) is 4.34. The van der Waals surface area contributed by atoms with E-state index >= 15 is 0 Å². The highest BCUT2D eigenvalue weighted by Crippen LogP contribution is 2.19. The van der Waals surface area contributed by atoms with Crippen LogP contribution in [0.4, 0.5) is 0 Å². The maximum atomic E-state index is 4.42. The minimum absolute atomic E-state index is 0.448. The van der Waals surface area contributed by atoms with Gasteiger partial charge < -0.3 is 5.32 Å². The quantitative estimate of drug-likeness (QED) is 0.765. The van der Waals surface area contributed by atoms with Crippen LogP contribution in [0.5, 0.6) is 0 Å². The van der Waals surface area contributed by atoms with E-state index in [9.17, 15) is 0 Å². The van der Waals surface area contributed by atoms with Crippen LogP contribution >= 0.6 is 0 Å². The number of nitrogens with zero attached hydrogens (tertiary/aromatic N) is 2. The highest BCUT2D eigenvalue weighted by molar-refractivity contribution is 5.21. The topological polar surface area (TPSA) is 29.9 Å². The predicted molar refractivity (Wildman–Crippen MR) is 54.7 cm³/mol. The molecule has 0 aliphatic carbocycles. The Morgan fingerprint density at radius 1 is 1.54 bits per heavy atom. The lowest BCUT2D eigenvalue weighted by atomic mass is 10.0. The lowest BCUT2D eigenvalue weighted by molar-refractivity contribution is 0.572. The molecule has 0 fully saturated rings. The minimum atomic E-state index is 0.448. The molecule has 1 atom stereocenters. The van der Waals surface area contributed by atoms with Crippen LogP contribution in [0, 0.1) is 0 Å². The molecule has 1 heterocycles. The molecule has 1 unspecified atom stereocenters. The normalized spacial score (nSPS) is 13.2. The molecule has 1 aromatic heterocycles. The zero-order valence-corrected chi connectivity index (χ0v) is 8.96. The summed E-state index contributed by atoms with van der Waals surface area (Å²) in [6, 6.07) is 0.448. The monoisotopic (exact) mass is 181 g/mol. The molecule has 1 rings (SSSR count). The Balaban J connectivity index is 2.96. The Morgan fingerprint density at radius 3 is 2.69 bits per heavy atom. The molecule has 1 N–H and O–H groups in total. The van der Waals surface area contributed by atoms with Crippen LogP contribution in [-0.4, -0.2) is 16.8 Å². The second-order valence-electron chi connectivity index (χ2n) is 3.31. The molecule has 0 aromatic carbocycles. The summed E-state index contributed by atoms with van der Waals surface area (Å²) >= 11 is 0. The van der Waals surface area contributed by atoms with Crippen molar-refractivity contribution in [3.8, 4) is 0 Å². The first-order valence-electron chi connectivity index (χ1n) is 4.92. The number of nitrogens with one attached hydrogen (secondary N) is 1. The van der Waals surface area contributed by atoms with Crippen LogP contribution in [0.15, 0.2) is 6.20 Å². The van der Waals surface area contributed by atoms with Crippen molar-refractivity contribution >= 4 is 0 Å². The van der Waals surface area contributed by atoms with E-state index in [2.05, 4.69) is 30.5 Å². The number of aromatic nitrogens is 2. The van der Waals surface area contributed by atoms with Gasteiger partial charge in [0.25, 0.3) is 0 Å². The third-order valence-corrected chi connectivity index (χ3v) is 2.40. The van der Waals surface area contributed by atoms with Crippen LogP contribution in [0.2, 0.25) is 0 Å². The number of hydrogen-bond donors (Lipinski definition) is 1. The number of aryl methyl sites for hydroxylation is 2. The second kappa shape index (κ2) is 4.42. The van der Waals surface area contributed by atoms with Gasteiger partial charge in [0.2, 0.25) is 0 Å². The zero-order valence-electron chi connectivity index (χ0n) is 8.96. The van der Waals surface area contributed by atoms with Gasteiger partial charge in [0, 0.05) is 24.8 Å².